The van der Waals surface area contributed by atoms with Gasteiger partial charge in [0.25, 0.3) is 5.91 Å². The molecule has 0 atom stereocenters. The number of carbonyl (C=O) groups is 2. The lowest BCUT2D eigenvalue weighted by atomic mass is 9.94. The van der Waals surface area contributed by atoms with E-state index in [1.54, 1.807) is 20.8 Å². The van der Waals surface area contributed by atoms with Gasteiger partial charge >= 0.3 is 5.97 Å². The minimum Gasteiger partial charge on any atom is -0.481 e. The molecule has 2 N–H and O–H groups in total. The summed E-state index contributed by atoms with van der Waals surface area (Å²) in [5, 5.41) is 11.4. The van der Waals surface area contributed by atoms with E-state index in [4.69, 9.17) is 5.11 Å². The highest BCUT2D eigenvalue weighted by molar-refractivity contribution is 5.92. The molecule has 6 nitrogen and oxygen atoms in total. The first-order valence-corrected chi connectivity index (χ1v) is 5.14. The van der Waals surface area contributed by atoms with Crippen LogP contribution in [-0.2, 0) is 4.79 Å². The molecule has 6 heteroatoms. The van der Waals surface area contributed by atoms with Gasteiger partial charge in [0, 0.05) is 12.7 Å². The maximum Gasteiger partial charge on any atom is 0.310 e. The third-order valence-electron chi connectivity index (χ3n) is 2.28. The van der Waals surface area contributed by atoms with Crippen molar-refractivity contribution in [3.63, 3.8) is 0 Å². The zero-order chi connectivity index (χ0) is 13.1. The molecule has 0 saturated carbocycles. The van der Waals surface area contributed by atoms with Crippen LogP contribution in [0, 0.1) is 12.3 Å². The first-order chi connectivity index (χ1) is 7.83. The molecule has 1 rings (SSSR count). The topological polar surface area (TPSA) is 92.2 Å². The smallest absolute Gasteiger partial charge is 0.310 e. The van der Waals surface area contributed by atoms with Crippen molar-refractivity contribution in [2.24, 2.45) is 5.41 Å². The van der Waals surface area contributed by atoms with Crippen LogP contribution in [0.1, 0.15) is 30.2 Å². The van der Waals surface area contributed by atoms with Crippen LogP contribution in [0.2, 0.25) is 0 Å². The molecule has 0 saturated heterocycles. The fraction of sp³-hybridized carbons (Fsp3) is 0.455. The van der Waals surface area contributed by atoms with Gasteiger partial charge in [-0.25, -0.2) is 9.97 Å². The third kappa shape index (κ3) is 3.51. The zero-order valence-electron chi connectivity index (χ0n) is 10.0. The standard InChI is InChI=1S/C11H15N3O3/c1-7-12-5-4-8(14-7)9(15)13-6-11(2,3)10(16)17/h4-5H,6H2,1-3H3,(H,13,15)(H,16,17). The van der Waals surface area contributed by atoms with Gasteiger partial charge in [0.05, 0.1) is 5.41 Å². The number of nitrogens with one attached hydrogen (secondary N) is 1. The second kappa shape index (κ2) is 4.90. The van der Waals surface area contributed by atoms with E-state index in [0.717, 1.165) is 0 Å². The van der Waals surface area contributed by atoms with Crippen molar-refractivity contribution < 1.29 is 14.7 Å². The van der Waals surface area contributed by atoms with E-state index in [1.165, 1.54) is 12.3 Å². The van der Waals surface area contributed by atoms with E-state index in [9.17, 15) is 9.59 Å². The summed E-state index contributed by atoms with van der Waals surface area (Å²) in [7, 11) is 0. The number of hydrogen-bond donors (Lipinski definition) is 2. The molecule has 1 heterocycles. The van der Waals surface area contributed by atoms with Crippen molar-refractivity contribution in [1.29, 1.82) is 0 Å². The number of amides is 1. The number of carboxylic acids is 1. The van der Waals surface area contributed by atoms with Gasteiger partial charge in [0.2, 0.25) is 0 Å². The molecule has 17 heavy (non-hydrogen) atoms. The summed E-state index contributed by atoms with van der Waals surface area (Å²) in [6, 6.07) is 1.48. The molecular formula is C11H15N3O3. The van der Waals surface area contributed by atoms with Crippen LogP contribution in [0.3, 0.4) is 0 Å². The summed E-state index contributed by atoms with van der Waals surface area (Å²) in [4.78, 5) is 30.3. The Morgan fingerprint density at radius 3 is 2.65 bits per heavy atom. The first kappa shape index (κ1) is 13.1. The third-order valence-corrected chi connectivity index (χ3v) is 2.28. The number of rotatable bonds is 4. The Morgan fingerprint density at radius 2 is 2.12 bits per heavy atom. The van der Waals surface area contributed by atoms with Gasteiger partial charge in [-0.3, -0.25) is 9.59 Å². The van der Waals surface area contributed by atoms with Gasteiger partial charge in [0.1, 0.15) is 11.5 Å². The van der Waals surface area contributed by atoms with Crippen LogP contribution in [0.5, 0.6) is 0 Å². The van der Waals surface area contributed by atoms with Crippen LogP contribution in [0.25, 0.3) is 0 Å². The van der Waals surface area contributed by atoms with Gasteiger partial charge in [-0.2, -0.15) is 0 Å². The predicted molar refractivity (Wildman–Crippen MR) is 60.5 cm³/mol. The molecule has 0 aliphatic heterocycles. The molecule has 1 aromatic rings. The Bertz CT molecular complexity index is 443. The highest BCUT2D eigenvalue weighted by atomic mass is 16.4. The van der Waals surface area contributed by atoms with Crippen LogP contribution in [0.4, 0.5) is 0 Å². The van der Waals surface area contributed by atoms with E-state index < -0.39 is 17.3 Å². The molecule has 1 aromatic heterocycles. The molecule has 1 amide bonds. The van der Waals surface area contributed by atoms with Crippen molar-refractivity contribution in [3.8, 4) is 0 Å². The maximum atomic E-state index is 11.7. The average Bonchev–Trinajstić information content (AvgIpc) is 2.25. The fourth-order valence-corrected chi connectivity index (χ4v) is 1.05. The van der Waals surface area contributed by atoms with Crippen LogP contribution < -0.4 is 5.32 Å². The molecule has 0 bridgehead atoms. The average molecular weight is 237 g/mol. The lowest BCUT2D eigenvalue weighted by Crippen LogP contribution is -2.39. The van der Waals surface area contributed by atoms with Crippen molar-refractivity contribution in [1.82, 2.24) is 15.3 Å². The van der Waals surface area contributed by atoms with Gasteiger partial charge < -0.3 is 10.4 Å². The number of carbonyl (C=O) groups excluding carboxylic acids is 1. The van der Waals surface area contributed by atoms with E-state index >= 15 is 0 Å². The summed E-state index contributed by atoms with van der Waals surface area (Å²) >= 11 is 0. The van der Waals surface area contributed by atoms with Crippen LogP contribution in [0.15, 0.2) is 12.3 Å². The SMILES string of the molecule is Cc1nccc(C(=O)NCC(C)(C)C(=O)O)n1. The van der Waals surface area contributed by atoms with Crippen molar-refractivity contribution in [3.05, 3.63) is 23.8 Å². The molecule has 0 aliphatic carbocycles. The number of aromatic nitrogens is 2. The summed E-state index contributed by atoms with van der Waals surface area (Å²) in [6.07, 6.45) is 1.49. The van der Waals surface area contributed by atoms with Crippen molar-refractivity contribution in [2.75, 3.05) is 6.54 Å². The molecule has 0 spiro atoms. The number of carboxylic acid groups (broad SMARTS) is 1. The minimum atomic E-state index is -1.00. The Kier molecular flexibility index (Phi) is 3.77. The summed E-state index contributed by atoms with van der Waals surface area (Å²) in [5.74, 6) is -0.864. The van der Waals surface area contributed by atoms with E-state index in [0.29, 0.717) is 5.82 Å². The molecule has 0 aromatic carbocycles. The molecule has 0 fully saturated rings. The molecule has 0 aliphatic rings. The minimum absolute atomic E-state index is 0.0459. The fourth-order valence-electron chi connectivity index (χ4n) is 1.05. The Balaban J connectivity index is 2.65. The highest BCUT2D eigenvalue weighted by Gasteiger charge is 2.27. The predicted octanol–water partition coefficient (Wildman–Crippen LogP) is 0.626. The molecule has 0 unspecified atom stereocenters. The maximum absolute atomic E-state index is 11.7. The van der Waals surface area contributed by atoms with Crippen LogP contribution in [-0.4, -0.2) is 33.5 Å². The quantitative estimate of drug-likeness (QED) is 0.801. The Hall–Kier alpha value is -1.98. The normalized spacial score (nSPS) is 11.0. The highest BCUT2D eigenvalue weighted by Crippen LogP contribution is 2.13. The van der Waals surface area contributed by atoms with E-state index in [-0.39, 0.29) is 12.2 Å². The van der Waals surface area contributed by atoms with Gasteiger partial charge in [0.15, 0.2) is 0 Å². The largest absolute Gasteiger partial charge is 0.481 e. The monoisotopic (exact) mass is 237 g/mol. The lowest BCUT2D eigenvalue weighted by molar-refractivity contribution is -0.146. The molecule has 0 radical (unpaired) electrons. The van der Waals surface area contributed by atoms with Gasteiger partial charge in [-0.05, 0) is 26.8 Å². The first-order valence-electron chi connectivity index (χ1n) is 5.14. The summed E-state index contributed by atoms with van der Waals surface area (Å²) in [5.41, 5.74) is -0.767. The van der Waals surface area contributed by atoms with E-state index in [2.05, 4.69) is 15.3 Å². The number of aryl methyl sites for hydroxylation is 1. The van der Waals surface area contributed by atoms with Gasteiger partial charge in [-0.15, -0.1) is 0 Å². The summed E-state index contributed by atoms with van der Waals surface area (Å²) < 4.78 is 0. The molecule has 92 valence electrons. The van der Waals surface area contributed by atoms with Crippen molar-refractivity contribution in [2.45, 2.75) is 20.8 Å². The van der Waals surface area contributed by atoms with Crippen LogP contribution >= 0.6 is 0 Å². The number of nitrogens with zero attached hydrogens (tertiary/aromatic N) is 2. The summed E-state index contributed by atoms with van der Waals surface area (Å²) in [6.45, 7) is 4.81. The Morgan fingerprint density at radius 1 is 1.47 bits per heavy atom. The number of hydrogen-bond acceptors (Lipinski definition) is 4. The second-order valence-electron chi connectivity index (χ2n) is 4.36. The van der Waals surface area contributed by atoms with Gasteiger partial charge in [-0.1, -0.05) is 0 Å². The lowest BCUT2D eigenvalue weighted by Gasteiger charge is -2.19. The zero-order valence-corrected chi connectivity index (χ0v) is 10.0. The molecular weight excluding hydrogens is 222 g/mol. The second-order valence-corrected chi connectivity index (χ2v) is 4.36. The van der Waals surface area contributed by atoms with E-state index in [1.807, 2.05) is 0 Å². The number of aliphatic carboxylic acids is 1. The van der Waals surface area contributed by atoms with Crippen molar-refractivity contribution >= 4 is 11.9 Å². The Labute approximate surface area is 99.1 Å².